The van der Waals surface area contributed by atoms with E-state index in [-0.39, 0.29) is 35.7 Å². The molecule has 0 spiro atoms. The van der Waals surface area contributed by atoms with Crippen LogP contribution in [0, 0.1) is 6.92 Å². The molecule has 0 radical (unpaired) electrons. The van der Waals surface area contributed by atoms with Gasteiger partial charge in [-0.05, 0) is 36.4 Å². The smallest absolute Gasteiger partial charge is 0.496 e. The third kappa shape index (κ3) is 15.7. The number of hydrogen-bond donors (Lipinski definition) is 0. The molecule has 0 unspecified atom stereocenters. The van der Waals surface area contributed by atoms with Crippen molar-refractivity contribution in [3.8, 4) is 17.2 Å². The van der Waals surface area contributed by atoms with E-state index in [2.05, 4.69) is 39.6 Å². The minimum atomic E-state index is -2.58. The van der Waals surface area contributed by atoms with Gasteiger partial charge in [0.1, 0.15) is 30.5 Å². The van der Waals surface area contributed by atoms with Gasteiger partial charge in [-0.25, -0.2) is 17.6 Å². The second-order valence-corrected chi connectivity index (χ2v) is 10.5. The van der Waals surface area contributed by atoms with Crippen LogP contribution in [0.3, 0.4) is 0 Å². The monoisotopic (exact) mass is 686 g/mol. The Bertz CT molecular complexity index is 1030. The number of alkyl halides is 4. The first-order valence-electron chi connectivity index (χ1n) is 14.5. The minimum absolute atomic E-state index is 0. The number of morpholine rings is 2. The van der Waals surface area contributed by atoms with Gasteiger partial charge in [-0.2, -0.15) is 6.42 Å². The predicted octanol–water partition coefficient (Wildman–Crippen LogP) is 4.07. The number of unbranched alkanes of at least 4 members (excludes halogenated alkanes) is 1. The summed E-state index contributed by atoms with van der Waals surface area (Å²) in [6.45, 7) is 14.7. The maximum absolute atomic E-state index is 12.8. The summed E-state index contributed by atoms with van der Waals surface area (Å²) in [6.07, 6.45) is -2.80. The second-order valence-electron chi connectivity index (χ2n) is 9.65. The molecule has 2 aromatic rings. The first kappa shape index (κ1) is 40.5. The van der Waals surface area contributed by atoms with Crippen LogP contribution in [0.2, 0.25) is 0 Å². The summed E-state index contributed by atoms with van der Waals surface area (Å²) in [5, 5.41) is 0. The molecule has 2 aliphatic rings. The molecule has 0 saturated carbocycles. The quantitative estimate of drug-likeness (QED) is 0.190. The molecular weight excluding hydrogens is 643 g/mol. The van der Waals surface area contributed by atoms with Gasteiger partial charge in [0.05, 0.1) is 39.1 Å². The Kier molecular flexibility index (Phi) is 21.9. The van der Waals surface area contributed by atoms with Crippen LogP contribution in [0.1, 0.15) is 43.7 Å². The number of rotatable bonds is 12. The Labute approximate surface area is 279 Å². The molecule has 2 saturated heterocycles. The van der Waals surface area contributed by atoms with Crippen molar-refractivity contribution in [1.29, 1.82) is 0 Å². The minimum Gasteiger partial charge on any atom is -0.496 e. The van der Waals surface area contributed by atoms with Crippen molar-refractivity contribution in [3.05, 3.63) is 58.9 Å². The third-order valence-electron chi connectivity index (χ3n) is 6.55. The van der Waals surface area contributed by atoms with Crippen LogP contribution in [0.15, 0.2) is 40.9 Å². The molecule has 2 fully saturated rings. The van der Waals surface area contributed by atoms with E-state index in [0.29, 0.717) is 29.2 Å². The van der Waals surface area contributed by atoms with Crippen LogP contribution in [-0.2, 0) is 9.47 Å². The Hall–Kier alpha value is -1.52. The van der Waals surface area contributed by atoms with Crippen molar-refractivity contribution in [3.63, 3.8) is 0 Å². The summed E-state index contributed by atoms with van der Waals surface area (Å²) in [5.74, 6) is 1.10. The summed E-state index contributed by atoms with van der Waals surface area (Å²) < 4.78 is 78.0. The van der Waals surface area contributed by atoms with Crippen molar-refractivity contribution >= 4 is 15.9 Å². The second kappa shape index (κ2) is 23.8. The predicted molar refractivity (Wildman–Crippen MR) is 163 cm³/mol. The molecule has 2 heterocycles. The Morgan fingerprint density at radius 2 is 1.23 bits per heavy atom. The molecule has 0 aliphatic carbocycles. The number of hydrogen-bond acceptors (Lipinski definition) is 7. The van der Waals surface area contributed by atoms with Crippen molar-refractivity contribution in [2.45, 2.75) is 32.6 Å². The van der Waals surface area contributed by atoms with E-state index in [0.717, 1.165) is 72.1 Å². The number of nitrogens with zero attached hydrogens (tertiary/aromatic N) is 2. The van der Waals surface area contributed by atoms with Gasteiger partial charge in [-0.1, -0.05) is 29.3 Å². The molecule has 13 heteroatoms. The Morgan fingerprint density at radius 3 is 1.64 bits per heavy atom. The molecular formula is C31H44BrF4LiN2O5. The van der Waals surface area contributed by atoms with Crippen LogP contribution in [-0.4, -0.2) is 95.8 Å². The Balaban J connectivity index is 0.000000385. The molecule has 0 N–H and O–H groups in total. The Morgan fingerprint density at radius 1 is 0.795 bits per heavy atom. The van der Waals surface area contributed by atoms with Crippen LogP contribution >= 0.6 is 15.9 Å². The molecule has 0 amide bonds. The number of methoxy groups -OCH3 is 1. The van der Waals surface area contributed by atoms with Gasteiger partial charge in [0.25, 0.3) is 12.9 Å². The SMILES string of the molecule is COc1ccc(OCCN2CCOCC2)cc1C(F)F.FC(F)c1cc(OCCN2CCOCC2)ccc1Br.[CH2-]CCC.[Li+]. The van der Waals surface area contributed by atoms with Gasteiger partial charge in [-0.15, -0.1) is 0 Å². The van der Waals surface area contributed by atoms with Crippen LogP contribution in [0.25, 0.3) is 0 Å². The molecule has 44 heavy (non-hydrogen) atoms. The first-order valence-corrected chi connectivity index (χ1v) is 15.3. The summed E-state index contributed by atoms with van der Waals surface area (Å²) in [4.78, 5) is 4.46. The standard InChI is InChI=1S/C14H19F2NO3.C13H16BrF2NO2.C4H9.Li/c1-18-13-3-2-11(10-12(13)14(15)16)20-9-6-17-4-7-19-8-5-17;14-12-2-1-10(9-11(12)13(15)16)19-8-5-17-3-6-18-7-4-17;1-3-4-2;/h2-3,10,14H,4-9H2,1H3;1-2,9,13H,3-8H2;1,3-4H2,2H3;/q;;-1;+1. The van der Waals surface area contributed by atoms with E-state index in [4.69, 9.17) is 23.7 Å². The number of halogens is 5. The molecule has 0 aromatic heterocycles. The molecule has 244 valence electrons. The molecule has 4 rings (SSSR count). The van der Waals surface area contributed by atoms with E-state index >= 15 is 0 Å². The normalized spacial score (nSPS) is 15.4. The van der Waals surface area contributed by atoms with Crippen molar-refractivity contribution < 1.29 is 60.1 Å². The largest absolute Gasteiger partial charge is 1.00 e. The molecule has 0 bridgehead atoms. The maximum atomic E-state index is 12.8. The summed E-state index contributed by atoms with van der Waals surface area (Å²) in [6, 6.07) is 9.15. The fourth-order valence-corrected chi connectivity index (χ4v) is 4.41. The zero-order valence-electron chi connectivity index (χ0n) is 26.1. The zero-order chi connectivity index (χ0) is 31.5. The van der Waals surface area contributed by atoms with Crippen molar-refractivity contribution in [1.82, 2.24) is 9.80 Å². The van der Waals surface area contributed by atoms with Crippen molar-refractivity contribution in [2.24, 2.45) is 0 Å². The van der Waals surface area contributed by atoms with Crippen LogP contribution in [0.4, 0.5) is 17.6 Å². The van der Waals surface area contributed by atoms with Crippen molar-refractivity contribution in [2.75, 3.05) is 86.0 Å². The molecule has 7 nitrogen and oxygen atoms in total. The third-order valence-corrected chi connectivity index (χ3v) is 7.27. The summed E-state index contributed by atoms with van der Waals surface area (Å²) in [5.41, 5.74) is -0.180. The zero-order valence-corrected chi connectivity index (χ0v) is 27.6. The van der Waals surface area contributed by atoms with Gasteiger partial charge in [-0.3, -0.25) is 9.80 Å². The van der Waals surface area contributed by atoms with Gasteiger partial charge in [0.15, 0.2) is 0 Å². The molecule has 2 aliphatic heterocycles. The van der Waals surface area contributed by atoms with E-state index < -0.39 is 12.9 Å². The molecule has 2 aromatic carbocycles. The summed E-state index contributed by atoms with van der Waals surface area (Å²) >= 11 is 3.10. The molecule has 0 atom stereocenters. The first-order chi connectivity index (χ1) is 20.8. The fraction of sp³-hybridized carbons (Fsp3) is 0.581. The summed E-state index contributed by atoms with van der Waals surface area (Å²) in [7, 11) is 1.38. The topological polar surface area (TPSA) is 52.6 Å². The average molecular weight is 688 g/mol. The van der Waals surface area contributed by atoms with Crippen LogP contribution < -0.4 is 33.1 Å². The van der Waals surface area contributed by atoms with Gasteiger partial charge >= 0.3 is 18.9 Å². The number of ether oxygens (including phenoxy) is 5. The van der Waals surface area contributed by atoms with Crippen LogP contribution in [0.5, 0.6) is 17.2 Å². The number of benzene rings is 2. The maximum Gasteiger partial charge on any atom is 1.00 e. The van der Waals surface area contributed by atoms with E-state index in [9.17, 15) is 17.6 Å². The van der Waals surface area contributed by atoms with E-state index in [1.165, 1.54) is 31.7 Å². The average Bonchev–Trinajstić information content (AvgIpc) is 3.03. The van der Waals surface area contributed by atoms with Gasteiger partial charge < -0.3 is 30.6 Å². The van der Waals surface area contributed by atoms with Gasteiger partial charge in [0, 0.05) is 49.3 Å². The van der Waals surface area contributed by atoms with Gasteiger partial charge in [0.2, 0.25) is 0 Å². The fourth-order valence-electron chi connectivity index (χ4n) is 3.99. The van der Waals surface area contributed by atoms with E-state index in [1.54, 1.807) is 18.2 Å². The van der Waals surface area contributed by atoms with E-state index in [1.807, 2.05) is 0 Å².